The van der Waals surface area contributed by atoms with Crippen LogP contribution in [0.25, 0.3) is 17.0 Å². The minimum absolute atomic E-state index is 0.919. The molecule has 2 aromatic rings. The normalized spacial score (nSPS) is 18.3. The number of nitrogens with one attached hydrogen (secondary N) is 1. The summed E-state index contributed by atoms with van der Waals surface area (Å²) in [5, 5.41) is 9.30. The van der Waals surface area contributed by atoms with Crippen LogP contribution >= 0.6 is 0 Å². The zero-order valence-corrected chi connectivity index (χ0v) is 10.1. The van der Waals surface area contributed by atoms with Crippen molar-refractivity contribution in [1.82, 2.24) is 15.1 Å². The van der Waals surface area contributed by atoms with Crippen molar-refractivity contribution in [1.29, 1.82) is 0 Å². The highest BCUT2D eigenvalue weighted by molar-refractivity contribution is 5.87. The minimum atomic E-state index is 0.919. The van der Waals surface area contributed by atoms with Crippen molar-refractivity contribution < 1.29 is 0 Å². The molecule has 1 saturated heterocycles. The fourth-order valence-corrected chi connectivity index (χ4v) is 2.40. The average molecular weight is 227 g/mol. The standard InChI is InChI=1S/C14H17N3/c1-2-17-14-6-4-3-5-12(14)13(16-17)9-11-7-8-15-10-11/h3-6,9,15H,2,7-8,10H2,1H3. The first-order valence-electron chi connectivity index (χ1n) is 6.24. The van der Waals surface area contributed by atoms with E-state index in [1.807, 2.05) is 0 Å². The quantitative estimate of drug-likeness (QED) is 0.854. The van der Waals surface area contributed by atoms with Gasteiger partial charge >= 0.3 is 0 Å². The molecule has 1 aliphatic heterocycles. The fraction of sp³-hybridized carbons (Fsp3) is 0.357. The SMILES string of the molecule is CCn1nc(C=C2CCNC2)c2ccccc21. The summed E-state index contributed by atoms with van der Waals surface area (Å²) in [6, 6.07) is 8.45. The van der Waals surface area contributed by atoms with E-state index >= 15 is 0 Å². The molecule has 17 heavy (non-hydrogen) atoms. The van der Waals surface area contributed by atoms with Crippen LogP contribution in [0.4, 0.5) is 0 Å². The van der Waals surface area contributed by atoms with E-state index in [-0.39, 0.29) is 0 Å². The van der Waals surface area contributed by atoms with Gasteiger partial charge in [0.25, 0.3) is 0 Å². The van der Waals surface area contributed by atoms with Crippen LogP contribution in [0.1, 0.15) is 19.0 Å². The molecule has 1 aliphatic rings. The van der Waals surface area contributed by atoms with Gasteiger partial charge in [-0.15, -0.1) is 0 Å². The van der Waals surface area contributed by atoms with Crippen LogP contribution in [-0.4, -0.2) is 22.9 Å². The fourth-order valence-electron chi connectivity index (χ4n) is 2.40. The van der Waals surface area contributed by atoms with Gasteiger partial charge in [-0.05, 0) is 32.0 Å². The Bertz CT molecular complexity index is 558. The van der Waals surface area contributed by atoms with E-state index in [0.29, 0.717) is 0 Å². The van der Waals surface area contributed by atoms with Gasteiger partial charge in [-0.2, -0.15) is 5.10 Å². The van der Waals surface area contributed by atoms with E-state index in [1.54, 1.807) is 0 Å². The van der Waals surface area contributed by atoms with Gasteiger partial charge in [0.1, 0.15) is 0 Å². The summed E-state index contributed by atoms with van der Waals surface area (Å²) < 4.78 is 2.07. The summed E-state index contributed by atoms with van der Waals surface area (Å²) in [5.74, 6) is 0. The van der Waals surface area contributed by atoms with E-state index < -0.39 is 0 Å². The Morgan fingerprint density at radius 2 is 2.29 bits per heavy atom. The Kier molecular flexibility index (Phi) is 2.69. The highest BCUT2D eigenvalue weighted by atomic mass is 15.3. The predicted octanol–water partition coefficient (Wildman–Crippen LogP) is 2.43. The van der Waals surface area contributed by atoms with Crippen molar-refractivity contribution in [3.05, 3.63) is 35.5 Å². The number of aromatic nitrogens is 2. The van der Waals surface area contributed by atoms with Crippen molar-refractivity contribution in [3.63, 3.8) is 0 Å². The number of hydrogen-bond donors (Lipinski definition) is 1. The first kappa shape index (κ1) is 10.5. The van der Waals surface area contributed by atoms with Crippen molar-refractivity contribution in [2.75, 3.05) is 13.1 Å². The Morgan fingerprint density at radius 3 is 3.06 bits per heavy atom. The second-order valence-corrected chi connectivity index (χ2v) is 4.45. The second kappa shape index (κ2) is 4.34. The Balaban J connectivity index is 2.12. The first-order chi connectivity index (χ1) is 8.38. The molecule has 88 valence electrons. The highest BCUT2D eigenvalue weighted by Crippen LogP contribution is 2.21. The maximum absolute atomic E-state index is 4.68. The molecule has 3 heteroatoms. The number of nitrogens with zero attached hydrogens (tertiary/aromatic N) is 2. The summed E-state index contributed by atoms with van der Waals surface area (Å²) in [4.78, 5) is 0. The van der Waals surface area contributed by atoms with E-state index in [9.17, 15) is 0 Å². The van der Waals surface area contributed by atoms with Crippen molar-refractivity contribution >= 4 is 17.0 Å². The third kappa shape index (κ3) is 1.87. The van der Waals surface area contributed by atoms with E-state index in [0.717, 1.165) is 31.7 Å². The van der Waals surface area contributed by atoms with Gasteiger partial charge in [0.2, 0.25) is 0 Å². The number of benzene rings is 1. The summed E-state index contributed by atoms with van der Waals surface area (Å²) in [6.07, 6.45) is 3.39. The molecular weight excluding hydrogens is 210 g/mol. The lowest BCUT2D eigenvalue weighted by molar-refractivity contribution is 0.681. The summed E-state index contributed by atoms with van der Waals surface area (Å²) >= 11 is 0. The molecule has 0 aliphatic carbocycles. The molecule has 0 atom stereocenters. The first-order valence-corrected chi connectivity index (χ1v) is 6.24. The van der Waals surface area contributed by atoms with E-state index in [4.69, 9.17) is 0 Å². The van der Waals surface area contributed by atoms with Gasteiger partial charge in [0.15, 0.2) is 0 Å². The molecule has 0 spiro atoms. The van der Waals surface area contributed by atoms with Crippen LogP contribution in [0.3, 0.4) is 0 Å². The van der Waals surface area contributed by atoms with Crippen LogP contribution in [0.2, 0.25) is 0 Å². The molecule has 1 N–H and O–H groups in total. The lowest BCUT2D eigenvalue weighted by Gasteiger charge is -1.95. The van der Waals surface area contributed by atoms with Gasteiger partial charge in [-0.3, -0.25) is 4.68 Å². The third-order valence-electron chi connectivity index (χ3n) is 3.30. The maximum atomic E-state index is 4.68. The number of hydrogen-bond acceptors (Lipinski definition) is 2. The molecule has 1 fully saturated rings. The zero-order chi connectivity index (χ0) is 11.7. The Labute approximate surface area is 101 Å². The van der Waals surface area contributed by atoms with Crippen LogP contribution in [0, 0.1) is 0 Å². The molecule has 0 unspecified atom stereocenters. The van der Waals surface area contributed by atoms with E-state index in [2.05, 4.69) is 52.4 Å². The minimum Gasteiger partial charge on any atom is -0.313 e. The third-order valence-corrected chi connectivity index (χ3v) is 3.30. The smallest absolute Gasteiger partial charge is 0.0929 e. The summed E-state index contributed by atoms with van der Waals surface area (Å²) in [5.41, 5.74) is 3.80. The molecular formula is C14H17N3. The highest BCUT2D eigenvalue weighted by Gasteiger charge is 2.10. The molecule has 0 bridgehead atoms. The lowest BCUT2D eigenvalue weighted by atomic mass is 10.1. The molecule has 3 nitrogen and oxygen atoms in total. The molecule has 1 aromatic heterocycles. The number of para-hydroxylation sites is 1. The van der Waals surface area contributed by atoms with Crippen molar-refractivity contribution in [2.24, 2.45) is 0 Å². The van der Waals surface area contributed by atoms with Gasteiger partial charge in [0, 0.05) is 18.5 Å². The number of aryl methyl sites for hydroxylation is 1. The van der Waals surface area contributed by atoms with Crippen molar-refractivity contribution in [3.8, 4) is 0 Å². The topological polar surface area (TPSA) is 29.9 Å². The van der Waals surface area contributed by atoms with Gasteiger partial charge in [-0.25, -0.2) is 0 Å². The van der Waals surface area contributed by atoms with Gasteiger partial charge < -0.3 is 5.32 Å². The Hall–Kier alpha value is -1.61. The van der Waals surface area contributed by atoms with Crippen LogP contribution in [0.5, 0.6) is 0 Å². The maximum Gasteiger partial charge on any atom is 0.0929 e. The summed E-state index contributed by atoms with van der Waals surface area (Å²) in [6.45, 7) is 5.15. The van der Waals surface area contributed by atoms with Gasteiger partial charge in [0.05, 0.1) is 11.2 Å². The average Bonchev–Trinajstić information content (AvgIpc) is 2.98. The monoisotopic (exact) mass is 227 g/mol. The molecule has 0 saturated carbocycles. The zero-order valence-electron chi connectivity index (χ0n) is 10.1. The van der Waals surface area contributed by atoms with E-state index in [1.165, 1.54) is 16.5 Å². The molecule has 0 amide bonds. The molecule has 3 rings (SSSR count). The largest absolute Gasteiger partial charge is 0.313 e. The van der Waals surface area contributed by atoms with Crippen LogP contribution in [-0.2, 0) is 6.54 Å². The lowest BCUT2D eigenvalue weighted by Crippen LogP contribution is -2.04. The molecule has 2 heterocycles. The van der Waals surface area contributed by atoms with Crippen LogP contribution in [0.15, 0.2) is 29.8 Å². The van der Waals surface area contributed by atoms with Crippen molar-refractivity contribution in [2.45, 2.75) is 19.9 Å². The van der Waals surface area contributed by atoms with Crippen LogP contribution < -0.4 is 5.32 Å². The van der Waals surface area contributed by atoms with Gasteiger partial charge in [-0.1, -0.05) is 23.8 Å². The number of fused-ring (bicyclic) bond motifs is 1. The predicted molar refractivity (Wildman–Crippen MR) is 70.9 cm³/mol. The Morgan fingerprint density at radius 1 is 1.41 bits per heavy atom. The second-order valence-electron chi connectivity index (χ2n) is 4.45. The molecule has 1 aromatic carbocycles. The number of rotatable bonds is 2. The molecule has 0 radical (unpaired) electrons. The summed E-state index contributed by atoms with van der Waals surface area (Å²) in [7, 11) is 0.